The van der Waals surface area contributed by atoms with Crippen molar-refractivity contribution in [3.8, 4) is 0 Å². The molecule has 2 heteroatoms. The fourth-order valence-electron chi connectivity index (χ4n) is 1.44. The van der Waals surface area contributed by atoms with Crippen molar-refractivity contribution in [2.75, 3.05) is 6.54 Å². The molecule has 1 saturated carbocycles. The van der Waals surface area contributed by atoms with E-state index in [1.54, 1.807) is 0 Å². The summed E-state index contributed by atoms with van der Waals surface area (Å²) < 4.78 is 0. The van der Waals surface area contributed by atoms with Gasteiger partial charge in [0.1, 0.15) is 5.78 Å². The molecule has 3 aliphatic rings. The largest absolute Gasteiger partial charge is 0.307 e. The molecule has 0 atom stereocenters. The lowest BCUT2D eigenvalue weighted by molar-refractivity contribution is -0.128. The lowest BCUT2D eigenvalue weighted by Gasteiger charge is -2.40. The second kappa shape index (κ2) is 1.32. The molecule has 1 N–H and O–H groups in total. The van der Waals surface area contributed by atoms with E-state index in [9.17, 15) is 4.79 Å². The normalized spacial score (nSPS) is 43.8. The number of Topliss-reactive ketones (excluding diaryl/α,β-unsaturated/α-hetero) is 1. The van der Waals surface area contributed by atoms with E-state index in [1.807, 2.05) is 0 Å². The van der Waals surface area contributed by atoms with Gasteiger partial charge in [0.05, 0.1) is 6.54 Å². The number of hydrogen-bond donors (Lipinski definition) is 1. The molecular formula is C6H9NO. The second-order valence-electron chi connectivity index (χ2n) is 2.71. The molecule has 0 aromatic heterocycles. The van der Waals surface area contributed by atoms with E-state index >= 15 is 0 Å². The van der Waals surface area contributed by atoms with Crippen LogP contribution in [0.2, 0.25) is 0 Å². The zero-order valence-corrected chi connectivity index (χ0v) is 4.68. The van der Waals surface area contributed by atoms with Crippen molar-refractivity contribution in [1.29, 1.82) is 0 Å². The number of carbonyl (C=O) groups excluding carboxylic acids is 1. The van der Waals surface area contributed by atoms with Gasteiger partial charge in [-0.25, -0.2) is 0 Å². The number of carbonyl (C=O) groups is 1. The first-order valence-corrected chi connectivity index (χ1v) is 3.12. The summed E-state index contributed by atoms with van der Waals surface area (Å²) in [7, 11) is 0. The number of ketones is 1. The van der Waals surface area contributed by atoms with Gasteiger partial charge in [-0.2, -0.15) is 0 Å². The first-order valence-electron chi connectivity index (χ1n) is 3.12. The number of piperidine rings is 2. The molecule has 0 aromatic rings. The fourth-order valence-corrected chi connectivity index (χ4v) is 1.44. The maximum atomic E-state index is 10.8. The molecule has 44 valence electrons. The quantitative estimate of drug-likeness (QED) is 0.474. The van der Waals surface area contributed by atoms with Gasteiger partial charge >= 0.3 is 0 Å². The van der Waals surface area contributed by atoms with Crippen LogP contribution in [0.4, 0.5) is 0 Å². The minimum absolute atomic E-state index is 0.424. The monoisotopic (exact) mass is 111 g/mol. The van der Waals surface area contributed by atoms with Gasteiger partial charge in [-0.15, -0.1) is 0 Å². The Balaban J connectivity index is 2.10. The highest BCUT2D eigenvalue weighted by atomic mass is 16.1. The predicted molar refractivity (Wildman–Crippen MR) is 29.5 cm³/mol. The summed E-state index contributed by atoms with van der Waals surface area (Å²) in [5.41, 5.74) is 0. The molecule has 0 unspecified atom stereocenters. The van der Waals surface area contributed by atoms with Crippen LogP contribution in [0, 0.1) is 5.92 Å². The molecule has 2 nitrogen and oxygen atoms in total. The van der Waals surface area contributed by atoms with E-state index in [1.165, 1.54) is 0 Å². The number of rotatable bonds is 0. The summed E-state index contributed by atoms with van der Waals surface area (Å²) in [4.78, 5) is 10.8. The van der Waals surface area contributed by atoms with Crippen molar-refractivity contribution in [2.45, 2.75) is 18.9 Å². The Morgan fingerprint density at radius 2 is 2.25 bits per heavy atom. The Morgan fingerprint density at radius 3 is 2.50 bits per heavy atom. The van der Waals surface area contributed by atoms with Crippen LogP contribution < -0.4 is 5.32 Å². The maximum absolute atomic E-state index is 10.8. The zero-order chi connectivity index (χ0) is 5.56. The first kappa shape index (κ1) is 4.50. The number of fused-ring (bicyclic) bond motifs is 2. The van der Waals surface area contributed by atoms with Crippen molar-refractivity contribution >= 4 is 5.78 Å². The molecule has 0 aromatic carbocycles. The average molecular weight is 111 g/mol. The van der Waals surface area contributed by atoms with Gasteiger partial charge in [-0.3, -0.25) is 4.79 Å². The first-order chi connectivity index (χ1) is 3.86. The van der Waals surface area contributed by atoms with Crippen LogP contribution in [0.3, 0.4) is 0 Å². The van der Waals surface area contributed by atoms with Gasteiger partial charge in [-0.1, -0.05) is 0 Å². The predicted octanol–water partition coefficient (Wildman–Crippen LogP) is -0.0627. The molecule has 1 aliphatic carbocycles. The third kappa shape index (κ3) is 0.436. The maximum Gasteiger partial charge on any atom is 0.149 e. The summed E-state index contributed by atoms with van der Waals surface area (Å²) in [6.07, 6.45) is 2.22. The Morgan fingerprint density at radius 1 is 1.50 bits per heavy atom. The van der Waals surface area contributed by atoms with Crippen molar-refractivity contribution in [3.05, 3.63) is 0 Å². The number of nitrogens with one attached hydrogen (secondary N) is 1. The van der Waals surface area contributed by atoms with E-state index in [0.717, 1.165) is 12.8 Å². The lowest BCUT2D eigenvalue weighted by Crippen LogP contribution is -2.54. The smallest absolute Gasteiger partial charge is 0.149 e. The van der Waals surface area contributed by atoms with Crippen molar-refractivity contribution < 1.29 is 4.79 Å². The SMILES string of the molecule is O=C1CNC2CC1C2. The Labute approximate surface area is 48.3 Å². The van der Waals surface area contributed by atoms with Gasteiger partial charge in [0.2, 0.25) is 0 Å². The zero-order valence-electron chi connectivity index (χ0n) is 4.68. The molecule has 8 heavy (non-hydrogen) atoms. The van der Waals surface area contributed by atoms with E-state index in [0.29, 0.717) is 24.3 Å². The minimum Gasteiger partial charge on any atom is -0.307 e. The van der Waals surface area contributed by atoms with E-state index in [2.05, 4.69) is 5.32 Å². The third-order valence-electron chi connectivity index (χ3n) is 2.16. The molecule has 0 amide bonds. The molecule has 2 aliphatic heterocycles. The summed E-state index contributed by atoms with van der Waals surface area (Å²) in [5, 5.41) is 3.15. The molecule has 2 saturated heterocycles. The van der Waals surface area contributed by atoms with E-state index in [-0.39, 0.29) is 0 Å². The summed E-state index contributed by atoms with van der Waals surface area (Å²) in [5.74, 6) is 0.869. The van der Waals surface area contributed by atoms with E-state index < -0.39 is 0 Å². The summed E-state index contributed by atoms with van der Waals surface area (Å²) >= 11 is 0. The van der Waals surface area contributed by atoms with E-state index in [4.69, 9.17) is 0 Å². The van der Waals surface area contributed by atoms with Gasteiger partial charge in [0, 0.05) is 12.0 Å². The Kier molecular flexibility index (Phi) is 0.742. The Bertz CT molecular complexity index is 124. The van der Waals surface area contributed by atoms with Crippen LogP contribution in [0.15, 0.2) is 0 Å². The molecule has 2 bridgehead atoms. The van der Waals surface area contributed by atoms with Crippen molar-refractivity contribution in [1.82, 2.24) is 5.32 Å². The van der Waals surface area contributed by atoms with Crippen LogP contribution in [-0.2, 0) is 4.79 Å². The second-order valence-corrected chi connectivity index (χ2v) is 2.71. The molecular weight excluding hydrogens is 102 g/mol. The van der Waals surface area contributed by atoms with Crippen LogP contribution in [0.5, 0.6) is 0 Å². The fraction of sp³-hybridized carbons (Fsp3) is 0.833. The van der Waals surface area contributed by atoms with Gasteiger partial charge in [-0.05, 0) is 12.8 Å². The van der Waals surface area contributed by atoms with Crippen molar-refractivity contribution in [2.24, 2.45) is 5.92 Å². The van der Waals surface area contributed by atoms with Crippen LogP contribution in [-0.4, -0.2) is 18.4 Å². The highest BCUT2D eigenvalue weighted by molar-refractivity contribution is 5.85. The summed E-state index contributed by atoms with van der Waals surface area (Å²) in [6, 6.07) is 0.692. The lowest BCUT2D eigenvalue weighted by atomic mass is 9.74. The number of hydrogen-bond acceptors (Lipinski definition) is 2. The molecule has 3 fully saturated rings. The van der Waals surface area contributed by atoms with Crippen LogP contribution in [0.25, 0.3) is 0 Å². The third-order valence-corrected chi connectivity index (χ3v) is 2.16. The average Bonchev–Trinajstić information content (AvgIpc) is 1.62. The topological polar surface area (TPSA) is 29.1 Å². The highest BCUT2D eigenvalue weighted by Crippen LogP contribution is 2.31. The van der Waals surface area contributed by atoms with Gasteiger partial charge < -0.3 is 5.32 Å². The van der Waals surface area contributed by atoms with Crippen LogP contribution >= 0.6 is 0 Å². The molecule has 0 radical (unpaired) electrons. The standard InChI is InChI=1S/C6H9NO/c8-6-3-7-5-1-4(6)2-5/h4-5,7H,1-3H2. The molecule has 0 spiro atoms. The highest BCUT2D eigenvalue weighted by Gasteiger charge is 2.38. The van der Waals surface area contributed by atoms with Gasteiger partial charge in [0.15, 0.2) is 0 Å². The van der Waals surface area contributed by atoms with Crippen molar-refractivity contribution in [3.63, 3.8) is 0 Å². The Hall–Kier alpha value is -0.370. The van der Waals surface area contributed by atoms with Gasteiger partial charge in [0.25, 0.3) is 0 Å². The molecule has 2 heterocycles. The van der Waals surface area contributed by atoms with Crippen LogP contribution in [0.1, 0.15) is 12.8 Å². The molecule has 3 rings (SSSR count). The summed E-state index contributed by atoms with van der Waals surface area (Å²) in [6.45, 7) is 0.634. The minimum atomic E-state index is 0.424.